The van der Waals surface area contributed by atoms with E-state index in [2.05, 4.69) is 30.1 Å². The van der Waals surface area contributed by atoms with Crippen molar-refractivity contribution in [1.82, 2.24) is 9.55 Å². The Morgan fingerprint density at radius 2 is 1.35 bits per heavy atom. The number of carbonyl (C=O) groups is 2. The third kappa shape index (κ3) is 28.9. The Bertz CT molecular complexity index is 1970. The summed E-state index contributed by atoms with van der Waals surface area (Å²) in [5.41, 5.74) is 4.55. The molecule has 2 rings (SSSR count). The number of allylic oxidation sites excluding steroid dienone is 6. The maximum atomic E-state index is 12.9. The van der Waals surface area contributed by atoms with E-state index in [4.69, 9.17) is 29.0 Å². The van der Waals surface area contributed by atoms with Gasteiger partial charge in [-0.3, -0.25) is 23.2 Å². The van der Waals surface area contributed by atoms with Crippen LogP contribution >= 0.6 is 15.6 Å². The third-order valence-corrected chi connectivity index (χ3v) is 14.4. The first-order valence-electron chi connectivity index (χ1n) is 25.4. The third-order valence-electron chi connectivity index (χ3n) is 11.8. The van der Waals surface area contributed by atoms with Crippen molar-refractivity contribution in [3.05, 3.63) is 71.4 Å². The lowest BCUT2D eigenvalue weighted by molar-refractivity contribution is -0.161. The quantitative estimate of drug-likeness (QED) is 0.0143. The summed E-state index contributed by atoms with van der Waals surface area (Å²) in [6.07, 6.45) is 19.8. The van der Waals surface area contributed by atoms with Gasteiger partial charge in [0.15, 0.2) is 12.3 Å². The van der Waals surface area contributed by atoms with Crippen molar-refractivity contribution in [3.8, 4) is 0 Å². The van der Waals surface area contributed by atoms with Gasteiger partial charge in [0.25, 0.3) is 0 Å². The lowest BCUT2D eigenvalue weighted by atomic mass is 9.99. The molecule has 23 heteroatoms. The first kappa shape index (κ1) is 64.7. The summed E-state index contributed by atoms with van der Waals surface area (Å²) < 4.78 is 56.5. The Balaban J connectivity index is 1.90. The van der Waals surface area contributed by atoms with Crippen LogP contribution in [-0.2, 0) is 46.3 Å². The molecular formula is C49H83N3O18P2. The molecule has 1 aliphatic heterocycles. The molecule has 0 radical (unpaired) electrons. The van der Waals surface area contributed by atoms with Crippen LogP contribution in [0.3, 0.4) is 0 Å². The summed E-state index contributed by atoms with van der Waals surface area (Å²) in [7, 11) is -11.0. The minimum Gasteiger partial charge on any atom is -0.462 e. The lowest BCUT2D eigenvalue weighted by Gasteiger charge is -2.21. The summed E-state index contributed by atoms with van der Waals surface area (Å²) in [5, 5.41) is 51.7. The molecule has 412 valence electrons. The van der Waals surface area contributed by atoms with E-state index in [1.165, 1.54) is 63.2 Å². The van der Waals surface area contributed by atoms with Crippen LogP contribution in [0.5, 0.6) is 0 Å². The van der Waals surface area contributed by atoms with Crippen LogP contribution in [0.15, 0.2) is 65.7 Å². The zero-order chi connectivity index (χ0) is 53.4. The standard InChI is InChI=1S/C49H83N3O18P2/c1-4-6-19-26-38(53)27-21-16-13-14-17-22-28-40(54)41(55)29-24-31-45(57)68-39(34-65-44(56)30-23-18-12-10-8-7-9-11-15-20-25-37(3)5-2)35-66-71(61,62)70-72(63,64)67-36-42-46(58)47(59)48(69-42)52-33-32-43(50)51-49(52)60/h13-14,16-17,21-22,27-28,32-33,37-42,46-48,53-55,58-59H,4-12,15,18-20,23-26,29-31,34-36H2,1-3H3,(H,61,62)(H,63,64)(H2,50,51,60)/b16-13-,17-14+,27-21+,28-22+/t37?,38-,39+,40-,41-,42+,46+,47+,48+/m0/s1. The minimum atomic E-state index is -5.51. The van der Waals surface area contributed by atoms with E-state index in [1.807, 2.05) is 0 Å². The predicted molar refractivity (Wildman–Crippen MR) is 270 cm³/mol. The highest BCUT2D eigenvalue weighted by molar-refractivity contribution is 7.61. The molecule has 2 heterocycles. The van der Waals surface area contributed by atoms with Gasteiger partial charge >= 0.3 is 33.3 Å². The van der Waals surface area contributed by atoms with Crippen molar-refractivity contribution in [2.75, 3.05) is 25.6 Å². The average molecular weight is 1060 g/mol. The number of phosphoric acid groups is 2. The number of unbranched alkanes of at least 4 members (excludes halogenated alkanes) is 11. The molecule has 0 saturated carbocycles. The van der Waals surface area contributed by atoms with Crippen LogP contribution in [0.25, 0.3) is 0 Å². The number of ether oxygens (including phenoxy) is 3. The van der Waals surface area contributed by atoms with Crippen LogP contribution in [0.1, 0.15) is 155 Å². The number of aromatic nitrogens is 2. The van der Waals surface area contributed by atoms with Crippen LogP contribution in [0.2, 0.25) is 0 Å². The molecule has 0 aromatic carbocycles. The predicted octanol–water partition coefficient (Wildman–Crippen LogP) is 6.94. The molecule has 1 fully saturated rings. The van der Waals surface area contributed by atoms with Crippen molar-refractivity contribution >= 4 is 33.4 Å². The Hall–Kier alpha value is -3.40. The number of rotatable bonds is 40. The fraction of sp³-hybridized carbons (Fsp3) is 0.714. The van der Waals surface area contributed by atoms with Gasteiger partial charge in [-0.2, -0.15) is 9.29 Å². The van der Waals surface area contributed by atoms with Gasteiger partial charge in [0.05, 0.1) is 31.5 Å². The number of aliphatic hydroxyl groups is 5. The zero-order valence-electron chi connectivity index (χ0n) is 42.2. The number of nitrogens with zero attached hydrogens (tertiary/aromatic N) is 2. The normalized spacial score (nSPS) is 21.2. The molecule has 0 aliphatic carbocycles. The molecule has 1 aliphatic rings. The molecule has 0 amide bonds. The average Bonchev–Trinajstić information content (AvgIpc) is 3.61. The highest BCUT2D eigenvalue weighted by Crippen LogP contribution is 2.60. The van der Waals surface area contributed by atoms with Crippen LogP contribution in [-0.4, -0.2) is 119 Å². The Kier molecular flexibility index (Phi) is 32.8. The number of nitrogens with two attached hydrogens (primary N) is 1. The second-order valence-electron chi connectivity index (χ2n) is 18.1. The van der Waals surface area contributed by atoms with Gasteiger partial charge in [0, 0.05) is 19.0 Å². The molecule has 0 bridgehead atoms. The molecule has 1 aromatic heterocycles. The second-order valence-corrected chi connectivity index (χ2v) is 21.2. The number of carbonyl (C=O) groups excluding carboxylic acids is 2. The van der Waals surface area contributed by atoms with Gasteiger partial charge in [0.1, 0.15) is 30.7 Å². The van der Waals surface area contributed by atoms with Crippen molar-refractivity contribution < 1.29 is 81.6 Å². The lowest BCUT2D eigenvalue weighted by Crippen LogP contribution is -2.36. The molecular weight excluding hydrogens is 980 g/mol. The fourth-order valence-electron chi connectivity index (χ4n) is 7.32. The number of hydrogen-bond donors (Lipinski definition) is 8. The van der Waals surface area contributed by atoms with Crippen molar-refractivity contribution in [3.63, 3.8) is 0 Å². The van der Waals surface area contributed by atoms with Crippen LogP contribution in [0, 0.1) is 5.92 Å². The Labute approximate surface area is 424 Å². The number of esters is 2. The van der Waals surface area contributed by atoms with E-state index in [0.29, 0.717) is 12.8 Å². The Morgan fingerprint density at radius 3 is 1.99 bits per heavy atom. The van der Waals surface area contributed by atoms with Gasteiger partial charge in [-0.05, 0) is 37.7 Å². The van der Waals surface area contributed by atoms with E-state index in [1.54, 1.807) is 36.5 Å². The molecule has 1 saturated heterocycles. The van der Waals surface area contributed by atoms with Crippen LogP contribution < -0.4 is 11.4 Å². The van der Waals surface area contributed by atoms with Crippen molar-refractivity contribution in [2.45, 2.75) is 198 Å². The Morgan fingerprint density at radius 1 is 0.764 bits per heavy atom. The highest BCUT2D eigenvalue weighted by atomic mass is 31.3. The monoisotopic (exact) mass is 1060 g/mol. The molecule has 21 nitrogen and oxygen atoms in total. The maximum Gasteiger partial charge on any atom is 0.481 e. The number of aliphatic hydroxyl groups excluding tert-OH is 5. The van der Waals surface area contributed by atoms with E-state index >= 15 is 0 Å². The summed E-state index contributed by atoms with van der Waals surface area (Å²) in [5.74, 6) is -0.865. The summed E-state index contributed by atoms with van der Waals surface area (Å²) >= 11 is 0. The molecule has 1 aromatic rings. The molecule has 3 unspecified atom stereocenters. The van der Waals surface area contributed by atoms with E-state index in [9.17, 15) is 58.8 Å². The topological polar surface area (TPSA) is 326 Å². The van der Waals surface area contributed by atoms with E-state index < -0.39 is 102 Å². The van der Waals surface area contributed by atoms with E-state index in [-0.39, 0.29) is 31.5 Å². The SMILES string of the molecule is CCCCC[C@H](O)/C=C/C=C\C=C\C=C\[C@H](O)[C@@H](O)CCCC(=O)O[C@H](COC(=O)CCCCCCCCCCCCC(C)CC)COP(=O)(O)OP(=O)(O)OC[C@H]1O[C@@H](n2ccc(N)nc2=O)[C@H](O)[C@@H]1O. The maximum absolute atomic E-state index is 12.9. The number of nitrogen functional groups attached to an aromatic ring is 1. The van der Waals surface area contributed by atoms with Gasteiger partial charge in [0.2, 0.25) is 0 Å². The fourth-order valence-corrected chi connectivity index (χ4v) is 9.43. The largest absolute Gasteiger partial charge is 0.481 e. The van der Waals surface area contributed by atoms with Gasteiger partial charge in [-0.1, -0.05) is 159 Å². The van der Waals surface area contributed by atoms with Gasteiger partial charge in [-0.25, -0.2) is 13.9 Å². The number of anilines is 1. The van der Waals surface area contributed by atoms with Crippen molar-refractivity contribution in [1.29, 1.82) is 0 Å². The highest BCUT2D eigenvalue weighted by Gasteiger charge is 2.46. The smallest absolute Gasteiger partial charge is 0.462 e. The van der Waals surface area contributed by atoms with Crippen LogP contribution in [0.4, 0.5) is 5.82 Å². The number of hydrogen-bond acceptors (Lipinski definition) is 18. The molecule has 72 heavy (non-hydrogen) atoms. The minimum absolute atomic E-state index is 0.0310. The zero-order valence-corrected chi connectivity index (χ0v) is 44.0. The first-order chi connectivity index (χ1) is 34.3. The first-order valence-corrected chi connectivity index (χ1v) is 28.4. The van der Waals surface area contributed by atoms with Gasteiger partial charge < -0.3 is 55.3 Å². The van der Waals surface area contributed by atoms with Gasteiger partial charge in [-0.15, -0.1) is 0 Å². The second kappa shape index (κ2) is 36.5. The summed E-state index contributed by atoms with van der Waals surface area (Å²) in [4.78, 5) is 61.9. The molecule has 0 spiro atoms. The molecule has 11 atom stereocenters. The summed E-state index contributed by atoms with van der Waals surface area (Å²) in [6, 6.07) is 1.22. The van der Waals surface area contributed by atoms with Crippen molar-refractivity contribution in [2.24, 2.45) is 5.92 Å². The summed E-state index contributed by atoms with van der Waals surface area (Å²) in [6.45, 7) is 4.01. The van der Waals surface area contributed by atoms with E-state index in [0.717, 1.165) is 61.6 Å². The molecule has 9 N–H and O–H groups in total. The number of phosphoric ester groups is 2.